The number of aryl methyl sites for hydroxylation is 1. The van der Waals surface area contributed by atoms with E-state index < -0.39 is 9.84 Å². The lowest BCUT2D eigenvalue weighted by molar-refractivity contribution is -0.126. The maximum Gasteiger partial charge on any atom is 0.223 e. The molecule has 1 unspecified atom stereocenters. The van der Waals surface area contributed by atoms with Crippen LogP contribution in [-0.2, 0) is 27.6 Å². The highest BCUT2D eigenvalue weighted by molar-refractivity contribution is 7.91. The summed E-state index contributed by atoms with van der Waals surface area (Å²) in [7, 11) is -2.84. The van der Waals surface area contributed by atoms with Gasteiger partial charge in [-0.3, -0.25) is 9.69 Å². The Morgan fingerprint density at radius 3 is 2.71 bits per heavy atom. The number of aromatic nitrogens is 1. The summed E-state index contributed by atoms with van der Waals surface area (Å²) in [5.74, 6) is 0.724. The predicted octanol–water partition coefficient (Wildman–Crippen LogP) is 1.22. The zero-order valence-electron chi connectivity index (χ0n) is 14.0. The lowest BCUT2D eigenvalue weighted by Gasteiger charge is -2.34. The van der Waals surface area contributed by atoms with Crippen LogP contribution >= 0.6 is 11.3 Å². The van der Waals surface area contributed by atoms with E-state index in [-0.39, 0.29) is 23.6 Å². The Bertz CT molecular complexity index is 678. The summed E-state index contributed by atoms with van der Waals surface area (Å²) in [5, 5.41) is 6.09. The zero-order valence-corrected chi connectivity index (χ0v) is 15.7. The number of amides is 1. The molecule has 0 spiro atoms. The van der Waals surface area contributed by atoms with Crippen LogP contribution in [0, 0.1) is 5.92 Å². The molecule has 0 saturated carbocycles. The second kappa shape index (κ2) is 7.49. The lowest BCUT2D eigenvalue weighted by Crippen LogP contribution is -2.45. The Hall–Kier alpha value is -0.990. The molecule has 2 fully saturated rings. The first kappa shape index (κ1) is 17.8. The first-order valence-corrected chi connectivity index (χ1v) is 11.3. The number of rotatable bonds is 5. The van der Waals surface area contributed by atoms with Crippen LogP contribution in [0.5, 0.6) is 0 Å². The van der Waals surface area contributed by atoms with Gasteiger partial charge in [-0.05, 0) is 38.8 Å². The molecule has 3 heterocycles. The molecule has 8 heteroatoms. The van der Waals surface area contributed by atoms with Crippen molar-refractivity contribution in [2.75, 3.05) is 24.6 Å². The molecule has 1 amide bonds. The average Bonchev–Trinajstić information content (AvgIpc) is 3.18. The van der Waals surface area contributed by atoms with Crippen molar-refractivity contribution >= 4 is 27.1 Å². The minimum Gasteiger partial charge on any atom is -0.350 e. The van der Waals surface area contributed by atoms with Gasteiger partial charge in [0.2, 0.25) is 5.91 Å². The lowest BCUT2D eigenvalue weighted by atomic mass is 9.94. The van der Waals surface area contributed by atoms with E-state index in [1.54, 1.807) is 11.3 Å². The number of likely N-dealkylation sites (tertiary alicyclic amines) is 1. The topological polar surface area (TPSA) is 79.4 Å². The van der Waals surface area contributed by atoms with Crippen molar-refractivity contribution in [1.29, 1.82) is 0 Å². The van der Waals surface area contributed by atoms with Crippen LogP contribution in [0.3, 0.4) is 0 Å². The minimum absolute atomic E-state index is 0.0311. The molecule has 0 aromatic carbocycles. The first-order chi connectivity index (χ1) is 11.5. The maximum atomic E-state index is 12.3. The van der Waals surface area contributed by atoms with Gasteiger partial charge in [-0.2, -0.15) is 0 Å². The monoisotopic (exact) mass is 371 g/mol. The number of sulfone groups is 1. The zero-order chi connectivity index (χ0) is 17.2. The summed E-state index contributed by atoms with van der Waals surface area (Å²) in [4.78, 5) is 19.0. The van der Waals surface area contributed by atoms with Gasteiger partial charge in [-0.1, -0.05) is 6.92 Å². The Morgan fingerprint density at radius 1 is 1.38 bits per heavy atom. The van der Waals surface area contributed by atoms with Gasteiger partial charge in [0.15, 0.2) is 9.84 Å². The van der Waals surface area contributed by atoms with Crippen LogP contribution in [0.25, 0.3) is 0 Å². The number of carbonyl (C=O) groups excluding carboxylic acids is 1. The summed E-state index contributed by atoms with van der Waals surface area (Å²) in [6, 6.07) is 0.154. The Kier molecular flexibility index (Phi) is 5.56. The number of thiazole rings is 1. The third kappa shape index (κ3) is 4.34. The maximum absolute atomic E-state index is 12.3. The van der Waals surface area contributed by atoms with Crippen molar-refractivity contribution in [2.24, 2.45) is 5.92 Å². The number of piperidine rings is 1. The molecule has 1 aromatic rings. The summed E-state index contributed by atoms with van der Waals surface area (Å²) >= 11 is 1.63. The first-order valence-electron chi connectivity index (χ1n) is 8.62. The fourth-order valence-corrected chi connectivity index (χ4v) is 6.01. The van der Waals surface area contributed by atoms with Crippen LogP contribution in [0.4, 0.5) is 0 Å². The van der Waals surface area contributed by atoms with Crippen molar-refractivity contribution in [2.45, 2.75) is 45.2 Å². The quantitative estimate of drug-likeness (QED) is 0.842. The van der Waals surface area contributed by atoms with Crippen LogP contribution in [-0.4, -0.2) is 54.8 Å². The van der Waals surface area contributed by atoms with Crippen LogP contribution in [0.2, 0.25) is 0 Å². The van der Waals surface area contributed by atoms with E-state index in [2.05, 4.69) is 22.1 Å². The third-order valence-corrected chi connectivity index (χ3v) is 7.76. The van der Waals surface area contributed by atoms with Gasteiger partial charge in [0.1, 0.15) is 0 Å². The van der Waals surface area contributed by atoms with Gasteiger partial charge in [0, 0.05) is 17.3 Å². The van der Waals surface area contributed by atoms with Gasteiger partial charge in [0.25, 0.3) is 0 Å². The fraction of sp³-hybridized carbons (Fsp3) is 0.750. The normalized spacial score (nSPS) is 25.0. The number of hydrogen-bond acceptors (Lipinski definition) is 6. The average molecular weight is 372 g/mol. The summed E-state index contributed by atoms with van der Waals surface area (Å²) in [6.07, 6.45) is 3.27. The molecular weight excluding hydrogens is 346 g/mol. The SMILES string of the molecule is CCc1nc(CNC(=O)C2CCN(C3CCS(=O)(=O)C3)CC2)cs1. The molecule has 2 saturated heterocycles. The number of nitrogens with zero attached hydrogens (tertiary/aromatic N) is 2. The minimum atomic E-state index is -2.84. The second-order valence-corrected chi connectivity index (χ2v) is 9.84. The molecule has 1 atom stereocenters. The van der Waals surface area contributed by atoms with E-state index in [9.17, 15) is 13.2 Å². The molecule has 6 nitrogen and oxygen atoms in total. The molecule has 1 aromatic heterocycles. The van der Waals surface area contributed by atoms with E-state index in [1.807, 2.05) is 5.38 Å². The van der Waals surface area contributed by atoms with Crippen molar-refractivity contribution in [3.8, 4) is 0 Å². The predicted molar refractivity (Wildman–Crippen MR) is 94.7 cm³/mol. The molecule has 0 radical (unpaired) electrons. The van der Waals surface area contributed by atoms with Gasteiger partial charge < -0.3 is 5.32 Å². The fourth-order valence-electron chi connectivity index (χ4n) is 3.50. The van der Waals surface area contributed by atoms with Crippen LogP contribution in [0.15, 0.2) is 5.38 Å². The molecule has 24 heavy (non-hydrogen) atoms. The molecule has 0 bridgehead atoms. The summed E-state index contributed by atoms with van der Waals surface area (Å²) in [6.45, 7) is 4.20. The van der Waals surface area contributed by atoms with Gasteiger partial charge in [-0.15, -0.1) is 11.3 Å². The van der Waals surface area contributed by atoms with Gasteiger partial charge in [-0.25, -0.2) is 13.4 Å². The molecule has 3 rings (SSSR count). The van der Waals surface area contributed by atoms with E-state index in [0.29, 0.717) is 12.3 Å². The van der Waals surface area contributed by atoms with E-state index in [4.69, 9.17) is 0 Å². The summed E-state index contributed by atoms with van der Waals surface area (Å²) < 4.78 is 23.2. The summed E-state index contributed by atoms with van der Waals surface area (Å²) in [5.41, 5.74) is 0.929. The molecular formula is C16H25N3O3S2. The van der Waals surface area contributed by atoms with Crippen molar-refractivity contribution in [3.63, 3.8) is 0 Å². The van der Waals surface area contributed by atoms with Crippen molar-refractivity contribution in [1.82, 2.24) is 15.2 Å². The van der Waals surface area contributed by atoms with Crippen molar-refractivity contribution in [3.05, 3.63) is 16.1 Å². The number of nitrogens with one attached hydrogen (secondary N) is 1. The van der Waals surface area contributed by atoms with E-state index in [0.717, 1.165) is 49.5 Å². The van der Waals surface area contributed by atoms with E-state index in [1.165, 1.54) is 0 Å². The largest absolute Gasteiger partial charge is 0.350 e. The number of carbonyl (C=O) groups is 1. The molecule has 134 valence electrons. The third-order valence-electron chi connectivity index (χ3n) is 4.97. The number of hydrogen-bond donors (Lipinski definition) is 1. The Balaban J connectivity index is 1.43. The van der Waals surface area contributed by atoms with Gasteiger partial charge >= 0.3 is 0 Å². The molecule has 2 aliphatic rings. The Morgan fingerprint density at radius 2 is 2.12 bits per heavy atom. The second-order valence-electron chi connectivity index (χ2n) is 6.67. The Labute approximate surface area is 147 Å². The molecule has 2 aliphatic heterocycles. The van der Waals surface area contributed by atoms with Crippen LogP contribution in [0.1, 0.15) is 36.9 Å². The van der Waals surface area contributed by atoms with Crippen LogP contribution < -0.4 is 5.32 Å². The van der Waals surface area contributed by atoms with E-state index >= 15 is 0 Å². The smallest absolute Gasteiger partial charge is 0.223 e. The van der Waals surface area contributed by atoms with Gasteiger partial charge in [0.05, 0.1) is 28.8 Å². The standard InChI is InChI=1S/C16H25N3O3S2/c1-2-15-18-13(10-23-15)9-17-16(20)12-3-6-19(7-4-12)14-5-8-24(21,22)11-14/h10,12,14H,2-9,11H2,1H3,(H,17,20). The highest BCUT2D eigenvalue weighted by Gasteiger charge is 2.35. The highest BCUT2D eigenvalue weighted by Crippen LogP contribution is 2.24. The molecule has 0 aliphatic carbocycles. The van der Waals surface area contributed by atoms with Crippen molar-refractivity contribution < 1.29 is 13.2 Å². The highest BCUT2D eigenvalue weighted by atomic mass is 32.2. The molecule has 1 N–H and O–H groups in total.